The maximum Gasteiger partial charge on any atom is 0.228 e. The third kappa shape index (κ3) is 9.25. The van der Waals surface area contributed by atoms with E-state index in [-0.39, 0.29) is 12.3 Å². The van der Waals surface area contributed by atoms with E-state index in [0.717, 1.165) is 22.9 Å². The van der Waals surface area contributed by atoms with E-state index in [1.54, 1.807) is 12.1 Å². The van der Waals surface area contributed by atoms with Gasteiger partial charge in [-0.05, 0) is 36.6 Å². The molecule has 1 N–H and O–H groups in total. The van der Waals surface area contributed by atoms with Crippen LogP contribution in [0.1, 0.15) is 89.5 Å². The summed E-state index contributed by atoms with van der Waals surface area (Å²) in [6.07, 6.45) is 18.1. The van der Waals surface area contributed by atoms with Crippen molar-refractivity contribution in [1.29, 1.82) is 0 Å². The first-order valence-corrected chi connectivity index (χ1v) is 13.8. The van der Waals surface area contributed by atoms with Crippen molar-refractivity contribution in [3.8, 4) is 0 Å². The van der Waals surface area contributed by atoms with Crippen LogP contribution in [0.3, 0.4) is 0 Å². The summed E-state index contributed by atoms with van der Waals surface area (Å²) in [7, 11) is 0. The number of unbranched alkanes of at least 4 members (excludes halogenated alkanes) is 11. The normalized spacial score (nSPS) is 11.1. The van der Waals surface area contributed by atoms with Crippen LogP contribution >= 0.6 is 11.6 Å². The van der Waals surface area contributed by atoms with Gasteiger partial charge in [0.1, 0.15) is 6.61 Å². The van der Waals surface area contributed by atoms with Crippen LogP contribution in [0.2, 0.25) is 5.02 Å². The molecule has 0 atom stereocenters. The maximum atomic E-state index is 12.7. The average molecular weight is 497 g/mol. The molecule has 0 bridgehead atoms. The second-order valence-corrected chi connectivity index (χ2v) is 9.83. The van der Waals surface area contributed by atoms with Crippen LogP contribution in [0.15, 0.2) is 54.7 Å². The van der Waals surface area contributed by atoms with E-state index in [4.69, 9.17) is 16.4 Å². The van der Waals surface area contributed by atoms with Gasteiger partial charge in [-0.25, -0.2) is 0 Å². The number of hydrogen-bond donors (Lipinski definition) is 1. The Morgan fingerprint density at radius 1 is 0.829 bits per heavy atom. The van der Waals surface area contributed by atoms with Crippen molar-refractivity contribution in [1.82, 2.24) is 4.73 Å². The molecule has 0 unspecified atom stereocenters. The molecule has 3 rings (SSSR count). The number of halogens is 1. The molecule has 0 saturated heterocycles. The van der Waals surface area contributed by atoms with E-state index in [2.05, 4.69) is 12.2 Å². The average Bonchev–Trinajstić information content (AvgIpc) is 3.20. The number of anilines is 1. The summed E-state index contributed by atoms with van der Waals surface area (Å²) in [6, 6.07) is 15.3. The fraction of sp³-hybridized carbons (Fsp3) is 0.500. The highest BCUT2D eigenvalue weighted by Crippen LogP contribution is 2.24. The molecule has 5 heteroatoms. The third-order valence-corrected chi connectivity index (χ3v) is 6.82. The van der Waals surface area contributed by atoms with Crippen LogP contribution in [0.4, 0.5) is 5.69 Å². The SMILES string of the molecule is CCCCCCCCCCCCCCOn1cc(CC(=O)Nc2ccccc2Cl)c2ccccc21. The molecule has 0 spiro atoms. The standard InChI is InChI=1S/C30H41ClN2O2/c1-2-3-4-5-6-7-8-9-10-11-12-17-22-35-33-24-25(26-18-13-16-21-29(26)33)23-30(34)32-28-20-15-14-19-27(28)31/h13-16,18-21,24H,2-12,17,22-23H2,1H3,(H,32,34). The van der Waals surface area contributed by atoms with Crippen LogP contribution in [0, 0.1) is 0 Å². The Labute approximate surface area is 216 Å². The fourth-order valence-electron chi connectivity index (χ4n) is 4.50. The molecule has 2 aromatic carbocycles. The first-order valence-electron chi connectivity index (χ1n) is 13.5. The number of carbonyl (C=O) groups is 1. The Morgan fingerprint density at radius 2 is 1.43 bits per heavy atom. The number of para-hydroxylation sites is 2. The largest absolute Gasteiger partial charge is 0.414 e. The summed E-state index contributed by atoms with van der Waals surface area (Å²) in [5.74, 6) is -0.0954. The molecule has 0 aliphatic rings. The van der Waals surface area contributed by atoms with Crippen molar-refractivity contribution in [3.05, 3.63) is 65.3 Å². The van der Waals surface area contributed by atoms with Gasteiger partial charge in [0.25, 0.3) is 0 Å². The Kier molecular flexibility index (Phi) is 12.0. The minimum atomic E-state index is -0.0954. The molecule has 1 aromatic heterocycles. The number of hydrogen-bond acceptors (Lipinski definition) is 2. The molecule has 3 aromatic rings. The topological polar surface area (TPSA) is 43.3 Å². The van der Waals surface area contributed by atoms with Gasteiger partial charge in [0.05, 0.1) is 22.6 Å². The highest BCUT2D eigenvalue weighted by molar-refractivity contribution is 6.33. The first kappa shape index (κ1) is 27.1. The number of rotatable bonds is 17. The quantitative estimate of drug-likeness (QED) is 0.190. The van der Waals surface area contributed by atoms with Crippen LogP contribution in [-0.4, -0.2) is 17.2 Å². The zero-order chi connectivity index (χ0) is 24.7. The predicted molar refractivity (Wildman–Crippen MR) is 148 cm³/mol. The summed E-state index contributed by atoms with van der Waals surface area (Å²) in [4.78, 5) is 18.7. The Bertz CT molecular complexity index is 1030. The molecule has 0 saturated carbocycles. The Balaban J connectivity index is 1.38. The Morgan fingerprint density at radius 3 is 2.11 bits per heavy atom. The van der Waals surface area contributed by atoms with Crippen molar-refractivity contribution in [2.24, 2.45) is 0 Å². The molecular formula is C30H41ClN2O2. The molecule has 1 amide bonds. The molecule has 0 aliphatic carbocycles. The molecule has 190 valence electrons. The number of fused-ring (bicyclic) bond motifs is 1. The molecule has 0 fully saturated rings. The summed E-state index contributed by atoms with van der Waals surface area (Å²) in [6.45, 7) is 2.95. The van der Waals surface area contributed by atoms with Gasteiger partial charge in [-0.3, -0.25) is 4.79 Å². The summed E-state index contributed by atoms with van der Waals surface area (Å²) in [5, 5.41) is 4.48. The van der Waals surface area contributed by atoms with Crippen molar-refractivity contribution < 1.29 is 9.63 Å². The maximum absolute atomic E-state index is 12.7. The predicted octanol–water partition coefficient (Wildman–Crippen LogP) is 8.61. The van der Waals surface area contributed by atoms with Gasteiger partial charge in [-0.2, -0.15) is 4.73 Å². The fourth-order valence-corrected chi connectivity index (χ4v) is 4.68. The summed E-state index contributed by atoms with van der Waals surface area (Å²) >= 11 is 6.18. The zero-order valence-corrected chi connectivity index (χ0v) is 22.0. The van der Waals surface area contributed by atoms with Crippen LogP contribution in [-0.2, 0) is 11.2 Å². The molecular weight excluding hydrogens is 456 g/mol. The van der Waals surface area contributed by atoms with E-state index in [1.807, 2.05) is 47.3 Å². The minimum Gasteiger partial charge on any atom is -0.414 e. The van der Waals surface area contributed by atoms with Gasteiger partial charge in [0.2, 0.25) is 5.91 Å². The molecule has 35 heavy (non-hydrogen) atoms. The summed E-state index contributed by atoms with van der Waals surface area (Å²) < 4.78 is 1.83. The lowest BCUT2D eigenvalue weighted by Crippen LogP contribution is -2.15. The zero-order valence-electron chi connectivity index (χ0n) is 21.2. The van der Waals surface area contributed by atoms with Crippen molar-refractivity contribution >= 4 is 34.1 Å². The van der Waals surface area contributed by atoms with Crippen molar-refractivity contribution in [3.63, 3.8) is 0 Å². The molecule has 4 nitrogen and oxygen atoms in total. The minimum absolute atomic E-state index is 0.0954. The van der Waals surface area contributed by atoms with Gasteiger partial charge >= 0.3 is 0 Å². The number of nitrogens with zero attached hydrogens (tertiary/aromatic N) is 1. The number of carbonyl (C=O) groups excluding carboxylic acids is 1. The Hall–Kier alpha value is -2.46. The van der Waals surface area contributed by atoms with Gasteiger partial charge in [-0.1, -0.05) is 113 Å². The number of aromatic nitrogens is 1. The third-order valence-electron chi connectivity index (χ3n) is 6.49. The van der Waals surface area contributed by atoms with Crippen molar-refractivity contribution in [2.75, 3.05) is 11.9 Å². The van der Waals surface area contributed by atoms with E-state index < -0.39 is 0 Å². The van der Waals surface area contributed by atoms with E-state index in [9.17, 15) is 4.79 Å². The van der Waals surface area contributed by atoms with Gasteiger partial charge in [0.15, 0.2) is 0 Å². The van der Waals surface area contributed by atoms with Gasteiger partial charge < -0.3 is 10.2 Å². The molecule has 0 aliphatic heterocycles. The lowest BCUT2D eigenvalue weighted by Gasteiger charge is -2.08. The molecule has 0 radical (unpaired) electrons. The highest BCUT2D eigenvalue weighted by Gasteiger charge is 2.13. The lowest BCUT2D eigenvalue weighted by atomic mass is 10.1. The van der Waals surface area contributed by atoms with Crippen LogP contribution < -0.4 is 10.2 Å². The highest BCUT2D eigenvalue weighted by atomic mass is 35.5. The second-order valence-electron chi connectivity index (χ2n) is 9.42. The van der Waals surface area contributed by atoms with Crippen LogP contribution in [0.5, 0.6) is 0 Å². The number of nitrogens with one attached hydrogen (secondary N) is 1. The smallest absolute Gasteiger partial charge is 0.228 e. The summed E-state index contributed by atoms with van der Waals surface area (Å²) in [5.41, 5.74) is 2.57. The van der Waals surface area contributed by atoms with Crippen molar-refractivity contribution in [2.45, 2.75) is 90.4 Å². The monoisotopic (exact) mass is 496 g/mol. The number of amides is 1. The second kappa shape index (κ2) is 15.5. The van der Waals surface area contributed by atoms with Gasteiger partial charge in [0, 0.05) is 11.6 Å². The van der Waals surface area contributed by atoms with E-state index >= 15 is 0 Å². The molecule has 1 heterocycles. The van der Waals surface area contributed by atoms with Gasteiger partial charge in [-0.15, -0.1) is 0 Å². The van der Waals surface area contributed by atoms with E-state index in [0.29, 0.717) is 17.3 Å². The lowest BCUT2D eigenvalue weighted by molar-refractivity contribution is -0.115. The van der Waals surface area contributed by atoms with Crippen LogP contribution in [0.25, 0.3) is 10.9 Å². The number of benzene rings is 2. The van der Waals surface area contributed by atoms with E-state index in [1.165, 1.54) is 70.6 Å². The first-order chi connectivity index (χ1) is 17.2.